The lowest BCUT2D eigenvalue weighted by molar-refractivity contribution is -0.116. The third-order valence-electron chi connectivity index (χ3n) is 6.94. The SMILES string of the molecule is COC(=O)Nc1ccc2c(c1)NC(=O)CCC=CCC(N1CCC(c3cccc(Cl)c3F)NC1=O)c1ncc-2[nH]1. The summed E-state index contributed by atoms with van der Waals surface area (Å²) in [5.41, 5.74) is 2.57. The van der Waals surface area contributed by atoms with Gasteiger partial charge in [-0.1, -0.05) is 35.9 Å². The Morgan fingerprint density at radius 3 is 2.88 bits per heavy atom. The van der Waals surface area contributed by atoms with Crippen LogP contribution in [0.4, 0.5) is 25.4 Å². The molecule has 1 fully saturated rings. The topological polar surface area (TPSA) is 128 Å². The van der Waals surface area contributed by atoms with E-state index in [-0.39, 0.29) is 23.4 Å². The van der Waals surface area contributed by atoms with Gasteiger partial charge in [-0.25, -0.2) is 19.0 Å². The van der Waals surface area contributed by atoms with Crippen molar-refractivity contribution in [3.63, 3.8) is 0 Å². The van der Waals surface area contributed by atoms with E-state index in [2.05, 4.69) is 30.7 Å². The van der Waals surface area contributed by atoms with Crippen LogP contribution in [0.2, 0.25) is 5.02 Å². The van der Waals surface area contributed by atoms with Gasteiger partial charge < -0.3 is 25.3 Å². The third-order valence-corrected chi connectivity index (χ3v) is 7.23. The van der Waals surface area contributed by atoms with Crippen LogP contribution in [0, 0.1) is 5.82 Å². The van der Waals surface area contributed by atoms with E-state index >= 15 is 0 Å². The molecule has 2 bridgehead atoms. The van der Waals surface area contributed by atoms with E-state index in [0.717, 1.165) is 0 Å². The highest BCUT2D eigenvalue weighted by molar-refractivity contribution is 6.30. The standard InChI is InChI=1S/C28H28ClFN6O4/c1-40-28(39)32-16-10-11-17-21(14-16)33-24(37)9-4-2-3-8-23(26-31-15-22(17)34-26)36-13-12-20(35-27(36)38)18-6-5-7-19(29)25(18)30/h2-3,5-7,10-11,14-15,20,23H,4,8-9,12-13H2,1H3,(H,31,34)(H,32,39)(H,33,37)(H,35,38). The highest BCUT2D eigenvalue weighted by Crippen LogP contribution is 2.35. The van der Waals surface area contributed by atoms with Gasteiger partial charge in [0.15, 0.2) is 0 Å². The Labute approximate surface area is 234 Å². The Hall–Kier alpha value is -4.38. The van der Waals surface area contributed by atoms with Crippen molar-refractivity contribution in [1.82, 2.24) is 20.2 Å². The molecule has 2 unspecified atom stereocenters. The summed E-state index contributed by atoms with van der Waals surface area (Å²) in [6.07, 6.45) is 6.53. The molecule has 2 aromatic carbocycles. The second kappa shape index (κ2) is 11.8. The molecule has 0 radical (unpaired) electrons. The minimum absolute atomic E-state index is 0.0131. The quantitative estimate of drug-likeness (QED) is 0.292. The summed E-state index contributed by atoms with van der Waals surface area (Å²) in [5.74, 6) is -0.155. The number of aromatic nitrogens is 2. The molecule has 208 valence electrons. The number of nitrogens with one attached hydrogen (secondary N) is 4. The van der Waals surface area contributed by atoms with Crippen LogP contribution >= 0.6 is 11.6 Å². The minimum atomic E-state index is -0.632. The van der Waals surface area contributed by atoms with Crippen LogP contribution in [-0.2, 0) is 9.53 Å². The van der Waals surface area contributed by atoms with Gasteiger partial charge in [-0.05, 0) is 43.5 Å². The normalized spacial score (nSPS) is 19.3. The minimum Gasteiger partial charge on any atom is -0.453 e. The number of fused-ring (bicyclic) bond motifs is 4. The van der Waals surface area contributed by atoms with Gasteiger partial charge >= 0.3 is 12.1 Å². The summed E-state index contributed by atoms with van der Waals surface area (Å²) in [7, 11) is 1.27. The summed E-state index contributed by atoms with van der Waals surface area (Å²) in [6.45, 7) is 0.371. The molecule has 2 atom stereocenters. The van der Waals surface area contributed by atoms with E-state index in [1.807, 2.05) is 12.2 Å². The zero-order chi connectivity index (χ0) is 28.2. The summed E-state index contributed by atoms with van der Waals surface area (Å²) in [4.78, 5) is 47.3. The number of nitrogens with zero attached hydrogens (tertiary/aromatic N) is 2. The zero-order valence-electron chi connectivity index (χ0n) is 21.7. The van der Waals surface area contributed by atoms with Crippen LogP contribution < -0.4 is 16.0 Å². The van der Waals surface area contributed by atoms with Crippen molar-refractivity contribution in [2.45, 2.75) is 37.8 Å². The number of carbonyl (C=O) groups is 3. The van der Waals surface area contributed by atoms with Gasteiger partial charge in [0.1, 0.15) is 11.6 Å². The molecule has 0 spiro atoms. The molecule has 5 rings (SSSR count). The van der Waals surface area contributed by atoms with Crippen molar-refractivity contribution in [2.24, 2.45) is 0 Å². The fourth-order valence-electron chi connectivity index (χ4n) is 4.92. The zero-order valence-corrected chi connectivity index (χ0v) is 22.4. The van der Waals surface area contributed by atoms with Gasteiger partial charge in [-0.2, -0.15) is 0 Å². The largest absolute Gasteiger partial charge is 0.453 e. The second-order valence-corrected chi connectivity index (χ2v) is 9.90. The van der Waals surface area contributed by atoms with E-state index < -0.39 is 24.0 Å². The van der Waals surface area contributed by atoms with Crippen LogP contribution in [0.3, 0.4) is 0 Å². The number of amides is 4. The average molecular weight is 567 g/mol. The van der Waals surface area contributed by atoms with E-state index in [0.29, 0.717) is 59.8 Å². The summed E-state index contributed by atoms with van der Waals surface area (Å²) in [5, 5.41) is 8.44. The van der Waals surface area contributed by atoms with Crippen molar-refractivity contribution >= 4 is 41.0 Å². The number of hydrogen-bond acceptors (Lipinski definition) is 5. The number of allylic oxidation sites excluding steroid dienone is 1. The summed E-state index contributed by atoms with van der Waals surface area (Å²) >= 11 is 5.96. The number of methoxy groups -OCH3 is 1. The van der Waals surface area contributed by atoms with Crippen LogP contribution in [0.5, 0.6) is 0 Å². The molecular weight excluding hydrogens is 539 g/mol. The highest BCUT2D eigenvalue weighted by Gasteiger charge is 2.34. The Morgan fingerprint density at radius 1 is 1.23 bits per heavy atom. The van der Waals surface area contributed by atoms with E-state index in [4.69, 9.17) is 11.6 Å². The third kappa shape index (κ3) is 5.79. The Balaban J connectivity index is 1.44. The number of urea groups is 1. The number of imidazole rings is 1. The number of benzene rings is 2. The van der Waals surface area contributed by atoms with Gasteiger partial charge in [-0.3, -0.25) is 10.1 Å². The molecular formula is C28H28ClFN6O4. The van der Waals surface area contributed by atoms with Gasteiger partial charge in [0.2, 0.25) is 5.91 Å². The maximum atomic E-state index is 14.6. The lowest BCUT2D eigenvalue weighted by atomic mass is 10.00. The Kier molecular flexibility index (Phi) is 8.01. The first-order chi connectivity index (χ1) is 19.3. The fraction of sp³-hybridized carbons (Fsp3) is 0.286. The molecule has 2 aliphatic rings. The van der Waals surface area contributed by atoms with E-state index in [1.165, 1.54) is 13.2 Å². The van der Waals surface area contributed by atoms with E-state index in [1.54, 1.807) is 41.4 Å². The molecule has 12 heteroatoms. The maximum absolute atomic E-state index is 14.6. The number of rotatable bonds is 3. The summed E-state index contributed by atoms with van der Waals surface area (Å²) in [6, 6.07) is 8.58. The number of ether oxygens (including phenoxy) is 1. The molecule has 0 saturated carbocycles. The number of aromatic amines is 1. The van der Waals surface area contributed by atoms with Crippen molar-refractivity contribution < 1.29 is 23.5 Å². The molecule has 40 heavy (non-hydrogen) atoms. The molecule has 4 N–H and O–H groups in total. The van der Waals surface area contributed by atoms with Crippen molar-refractivity contribution in [1.29, 1.82) is 0 Å². The molecule has 1 saturated heterocycles. The first-order valence-corrected chi connectivity index (χ1v) is 13.2. The number of anilines is 2. The number of halogens is 2. The number of hydrogen-bond donors (Lipinski definition) is 4. The summed E-state index contributed by atoms with van der Waals surface area (Å²) < 4.78 is 19.3. The van der Waals surface area contributed by atoms with Crippen molar-refractivity contribution in [2.75, 3.05) is 24.3 Å². The lowest BCUT2D eigenvalue weighted by Crippen LogP contribution is -2.49. The predicted molar refractivity (Wildman–Crippen MR) is 148 cm³/mol. The molecule has 4 amide bonds. The number of H-pyrrole nitrogens is 1. The van der Waals surface area contributed by atoms with Crippen molar-refractivity contribution in [3.05, 3.63) is 77.0 Å². The van der Waals surface area contributed by atoms with Crippen LogP contribution in [-0.4, -0.2) is 46.6 Å². The number of carbonyl (C=O) groups excluding carboxylic acids is 3. The maximum Gasteiger partial charge on any atom is 0.411 e. The van der Waals surface area contributed by atoms with Crippen LogP contribution in [0.1, 0.15) is 49.2 Å². The smallest absolute Gasteiger partial charge is 0.411 e. The lowest BCUT2D eigenvalue weighted by Gasteiger charge is -2.37. The first kappa shape index (κ1) is 27.2. The van der Waals surface area contributed by atoms with Crippen molar-refractivity contribution in [3.8, 4) is 11.3 Å². The fourth-order valence-corrected chi connectivity index (χ4v) is 5.10. The van der Waals surface area contributed by atoms with Crippen LogP contribution in [0.25, 0.3) is 11.3 Å². The monoisotopic (exact) mass is 566 g/mol. The molecule has 1 aromatic heterocycles. The van der Waals surface area contributed by atoms with Gasteiger partial charge in [0.05, 0.1) is 41.8 Å². The van der Waals surface area contributed by atoms with Crippen LogP contribution in [0.15, 0.2) is 54.7 Å². The van der Waals surface area contributed by atoms with Gasteiger partial charge in [0, 0.05) is 29.8 Å². The average Bonchev–Trinajstić information content (AvgIpc) is 3.42. The highest BCUT2D eigenvalue weighted by atomic mass is 35.5. The van der Waals surface area contributed by atoms with Gasteiger partial charge in [-0.15, -0.1) is 0 Å². The Bertz CT molecular complexity index is 1470. The molecule has 10 nitrogen and oxygen atoms in total. The molecule has 0 aliphatic carbocycles. The second-order valence-electron chi connectivity index (χ2n) is 9.50. The molecule has 2 aliphatic heterocycles. The Morgan fingerprint density at radius 2 is 2.08 bits per heavy atom. The molecule has 3 heterocycles. The van der Waals surface area contributed by atoms with Gasteiger partial charge in [0.25, 0.3) is 0 Å². The first-order valence-electron chi connectivity index (χ1n) is 12.8. The predicted octanol–water partition coefficient (Wildman–Crippen LogP) is 5.92. The van der Waals surface area contributed by atoms with E-state index in [9.17, 15) is 18.8 Å². The molecule has 3 aromatic rings.